The highest BCUT2D eigenvalue weighted by Gasteiger charge is 2.20. The number of para-hydroxylation sites is 3. The van der Waals surface area contributed by atoms with Gasteiger partial charge in [0.15, 0.2) is 0 Å². The van der Waals surface area contributed by atoms with Crippen molar-refractivity contribution in [1.29, 1.82) is 0 Å². The summed E-state index contributed by atoms with van der Waals surface area (Å²) in [6, 6.07) is 56.2. The van der Waals surface area contributed by atoms with E-state index in [0.717, 1.165) is 6.42 Å². The molecule has 10 rings (SSSR count). The van der Waals surface area contributed by atoms with Crippen molar-refractivity contribution in [3.8, 4) is 22.5 Å². The molecular formula is C46H34N2S. The van der Waals surface area contributed by atoms with Gasteiger partial charge in [0.05, 0.1) is 22.1 Å². The maximum Gasteiger partial charge on any atom is 0.0641 e. The molecule has 0 saturated carbocycles. The quantitative estimate of drug-likeness (QED) is 0.170. The molecule has 0 aliphatic rings. The Morgan fingerprint density at radius 3 is 1.90 bits per heavy atom. The number of aryl methyl sites for hydroxylation is 1. The molecule has 7 aromatic carbocycles. The van der Waals surface area contributed by atoms with Crippen LogP contribution >= 0.6 is 11.3 Å². The standard InChI is InChI=1S/C46H34N2S/c1-2-3-11-30-18-24-36-37-25-21-32(29-44(37)49-43(36)28-30)31-19-22-34(23-20-31)48-40-16-9-7-14-35(40)38-26-27-42-45(46(38)48)39-15-8-10-17-41(39)47(42)33-12-5-4-6-13-33/h4-10,12-29H,2-3,11H2,1H3. The molecule has 0 aliphatic carbocycles. The predicted molar refractivity (Wildman–Crippen MR) is 212 cm³/mol. The Morgan fingerprint density at radius 2 is 1.10 bits per heavy atom. The molecule has 0 spiro atoms. The Labute approximate surface area is 289 Å². The lowest BCUT2D eigenvalue weighted by atomic mass is 10.0. The molecule has 0 fully saturated rings. The van der Waals surface area contributed by atoms with Gasteiger partial charge < -0.3 is 9.13 Å². The molecule has 0 amide bonds. The van der Waals surface area contributed by atoms with Crippen molar-refractivity contribution in [1.82, 2.24) is 9.13 Å². The van der Waals surface area contributed by atoms with Gasteiger partial charge in [0.1, 0.15) is 0 Å². The number of hydrogen-bond donors (Lipinski definition) is 0. The summed E-state index contributed by atoms with van der Waals surface area (Å²) in [5.41, 5.74) is 11.2. The first-order valence-electron chi connectivity index (χ1n) is 17.3. The minimum absolute atomic E-state index is 1.16. The largest absolute Gasteiger partial charge is 0.309 e. The Hall–Kier alpha value is -5.64. The molecule has 10 aromatic rings. The van der Waals surface area contributed by atoms with Crippen LogP contribution in [0.3, 0.4) is 0 Å². The molecule has 3 heteroatoms. The van der Waals surface area contributed by atoms with Gasteiger partial charge in [-0.15, -0.1) is 11.3 Å². The van der Waals surface area contributed by atoms with E-state index in [1.165, 1.54) is 105 Å². The second-order valence-corrected chi connectivity index (χ2v) is 14.3. The first kappa shape index (κ1) is 28.4. The third-order valence-electron chi connectivity index (χ3n) is 10.3. The number of thiophene rings is 1. The highest BCUT2D eigenvalue weighted by Crippen LogP contribution is 2.42. The number of rotatable bonds is 6. The highest BCUT2D eigenvalue weighted by atomic mass is 32.1. The number of aromatic nitrogens is 2. The Kier molecular flexibility index (Phi) is 6.50. The van der Waals surface area contributed by atoms with Gasteiger partial charge in [-0.2, -0.15) is 0 Å². The molecule has 0 radical (unpaired) electrons. The van der Waals surface area contributed by atoms with E-state index in [1.807, 2.05) is 11.3 Å². The summed E-state index contributed by atoms with van der Waals surface area (Å²) in [5, 5.41) is 7.82. The van der Waals surface area contributed by atoms with Crippen LogP contribution in [-0.2, 0) is 6.42 Å². The molecule has 2 nitrogen and oxygen atoms in total. The Bertz CT molecular complexity index is 2850. The Balaban J connectivity index is 1.14. The Morgan fingerprint density at radius 1 is 0.469 bits per heavy atom. The fraction of sp³-hybridized carbons (Fsp3) is 0.0870. The van der Waals surface area contributed by atoms with E-state index in [-0.39, 0.29) is 0 Å². The maximum atomic E-state index is 2.48. The van der Waals surface area contributed by atoms with Crippen molar-refractivity contribution in [3.05, 3.63) is 157 Å². The third-order valence-corrected chi connectivity index (χ3v) is 11.4. The molecule has 3 aromatic heterocycles. The lowest BCUT2D eigenvalue weighted by Gasteiger charge is -2.11. The first-order valence-corrected chi connectivity index (χ1v) is 18.2. The summed E-state index contributed by atoms with van der Waals surface area (Å²) in [5.74, 6) is 0. The van der Waals surface area contributed by atoms with E-state index in [9.17, 15) is 0 Å². The zero-order valence-electron chi connectivity index (χ0n) is 27.4. The normalized spacial score (nSPS) is 12.0. The molecule has 0 bridgehead atoms. The van der Waals surface area contributed by atoms with Crippen LogP contribution in [0.2, 0.25) is 0 Å². The number of fused-ring (bicyclic) bond motifs is 10. The molecular weight excluding hydrogens is 613 g/mol. The number of unbranched alkanes of at least 4 members (excludes halogenated alkanes) is 1. The SMILES string of the molecule is CCCCc1ccc2c(c1)sc1cc(-c3ccc(-n4c5ccccc5c5ccc6c(c7ccccc7n6-c6ccccc6)c54)cc3)ccc12. The predicted octanol–water partition coefficient (Wildman–Crippen LogP) is 13.3. The third kappa shape index (κ3) is 4.39. The maximum absolute atomic E-state index is 2.48. The van der Waals surface area contributed by atoms with Gasteiger partial charge in [-0.3, -0.25) is 0 Å². The van der Waals surface area contributed by atoms with Gasteiger partial charge in [0.2, 0.25) is 0 Å². The van der Waals surface area contributed by atoms with Crippen LogP contribution in [-0.4, -0.2) is 9.13 Å². The molecule has 0 unspecified atom stereocenters. The second kappa shape index (κ2) is 11.2. The van der Waals surface area contributed by atoms with Crippen molar-refractivity contribution in [2.75, 3.05) is 0 Å². The van der Waals surface area contributed by atoms with Crippen molar-refractivity contribution >= 4 is 75.1 Å². The van der Waals surface area contributed by atoms with E-state index in [4.69, 9.17) is 0 Å². The fourth-order valence-electron chi connectivity index (χ4n) is 7.97. The molecule has 0 atom stereocenters. The number of nitrogens with zero attached hydrogens (tertiary/aromatic N) is 2. The van der Waals surface area contributed by atoms with E-state index < -0.39 is 0 Å². The lowest BCUT2D eigenvalue weighted by Crippen LogP contribution is -1.95. The summed E-state index contributed by atoms with van der Waals surface area (Å²) in [6.45, 7) is 2.26. The minimum Gasteiger partial charge on any atom is -0.309 e. The molecule has 0 N–H and O–H groups in total. The second-order valence-electron chi connectivity index (χ2n) is 13.2. The van der Waals surface area contributed by atoms with E-state index in [0.29, 0.717) is 0 Å². The summed E-state index contributed by atoms with van der Waals surface area (Å²) in [7, 11) is 0. The number of benzene rings is 7. The van der Waals surface area contributed by atoms with E-state index >= 15 is 0 Å². The molecule has 3 heterocycles. The van der Waals surface area contributed by atoms with Gasteiger partial charge >= 0.3 is 0 Å². The van der Waals surface area contributed by atoms with Crippen molar-refractivity contribution in [3.63, 3.8) is 0 Å². The van der Waals surface area contributed by atoms with Gasteiger partial charge in [-0.25, -0.2) is 0 Å². The van der Waals surface area contributed by atoms with E-state index in [1.54, 1.807) is 0 Å². The van der Waals surface area contributed by atoms with Gasteiger partial charge in [0.25, 0.3) is 0 Å². The van der Waals surface area contributed by atoms with Crippen molar-refractivity contribution in [2.24, 2.45) is 0 Å². The smallest absolute Gasteiger partial charge is 0.0641 e. The first-order chi connectivity index (χ1) is 24.3. The topological polar surface area (TPSA) is 9.86 Å². The van der Waals surface area contributed by atoms with Crippen LogP contribution in [0.1, 0.15) is 25.3 Å². The van der Waals surface area contributed by atoms with Crippen LogP contribution in [0.5, 0.6) is 0 Å². The highest BCUT2D eigenvalue weighted by molar-refractivity contribution is 7.25. The average Bonchev–Trinajstić information content (AvgIpc) is 3.81. The van der Waals surface area contributed by atoms with Crippen LogP contribution in [0, 0.1) is 0 Å². The van der Waals surface area contributed by atoms with Crippen LogP contribution in [0.15, 0.2) is 152 Å². The molecule has 0 aliphatic heterocycles. The monoisotopic (exact) mass is 646 g/mol. The van der Waals surface area contributed by atoms with E-state index in [2.05, 4.69) is 168 Å². The van der Waals surface area contributed by atoms with Gasteiger partial charge in [-0.1, -0.05) is 110 Å². The summed E-state index contributed by atoms with van der Waals surface area (Å²) in [4.78, 5) is 0. The average molecular weight is 647 g/mol. The van der Waals surface area contributed by atoms with Gasteiger partial charge in [-0.05, 0) is 84.1 Å². The molecule has 49 heavy (non-hydrogen) atoms. The zero-order valence-corrected chi connectivity index (χ0v) is 28.2. The summed E-state index contributed by atoms with van der Waals surface area (Å²) in [6.07, 6.45) is 3.63. The zero-order chi connectivity index (χ0) is 32.5. The van der Waals surface area contributed by atoms with Crippen LogP contribution in [0.4, 0.5) is 0 Å². The fourth-order valence-corrected chi connectivity index (χ4v) is 9.18. The summed E-state index contributed by atoms with van der Waals surface area (Å²) < 4.78 is 7.63. The van der Waals surface area contributed by atoms with Gasteiger partial charge in [0, 0.05) is 53.1 Å². The lowest BCUT2D eigenvalue weighted by molar-refractivity contribution is 0.796. The molecule has 234 valence electrons. The number of hydrogen-bond acceptors (Lipinski definition) is 1. The minimum atomic E-state index is 1.16. The molecule has 0 saturated heterocycles. The van der Waals surface area contributed by atoms with Crippen molar-refractivity contribution in [2.45, 2.75) is 26.2 Å². The summed E-state index contributed by atoms with van der Waals surface area (Å²) >= 11 is 1.92. The van der Waals surface area contributed by atoms with Crippen LogP contribution < -0.4 is 0 Å². The van der Waals surface area contributed by atoms with Crippen LogP contribution in [0.25, 0.3) is 86.3 Å². The van der Waals surface area contributed by atoms with Crippen molar-refractivity contribution < 1.29 is 0 Å².